The predicted octanol–water partition coefficient (Wildman–Crippen LogP) is 8.04. The molecule has 0 spiro atoms. The third kappa shape index (κ3) is 13.2. The lowest BCUT2D eigenvalue weighted by atomic mass is 9.87. The number of benzene rings is 4. The first-order valence-electron chi connectivity index (χ1n) is 20.7. The third-order valence-electron chi connectivity index (χ3n) is 11.1. The van der Waals surface area contributed by atoms with Gasteiger partial charge in [0.15, 0.2) is 0 Å². The zero-order valence-corrected chi connectivity index (χ0v) is 33.7. The van der Waals surface area contributed by atoms with Gasteiger partial charge >= 0.3 is 0 Å². The smallest absolute Gasteiger partial charge is 0.242 e. The molecule has 298 valence electrons. The molecule has 4 aromatic rings. The minimum absolute atomic E-state index is 0.0732. The van der Waals surface area contributed by atoms with E-state index < -0.39 is 30.1 Å². The van der Waals surface area contributed by atoms with Gasteiger partial charge in [0.2, 0.25) is 17.7 Å². The molecule has 0 bridgehead atoms. The topological polar surface area (TPSA) is 128 Å². The van der Waals surface area contributed by atoms with Gasteiger partial charge in [0, 0.05) is 5.92 Å². The normalized spacial score (nSPS) is 14.4. The maximum Gasteiger partial charge on any atom is 0.242 e. The van der Waals surface area contributed by atoms with Gasteiger partial charge in [-0.1, -0.05) is 158 Å². The largest absolute Gasteiger partial charge is 0.394 e. The number of rotatable bonds is 23. The zero-order valence-electron chi connectivity index (χ0n) is 33.7. The van der Waals surface area contributed by atoms with Gasteiger partial charge in [-0.3, -0.25) is 14.4 Å². The van der Waals surface area contributed by atoms with Crippen LogP contribution in [0.4, 0.5) is 0 Å². The van der Waals surface area contributed by atoms with Crippen LogP contribution >= 0.6 is 0 Å². The Hall–Kier alpha value is -4.27. The van der Waals surface area contributed by atoms with Crippen molar-refractivity contribution in [1.82, 2.24) is 16.0 Å². The number of carbonyl (C=O) groups is 3. The Kier molecular flexibility index (Phi) is 17.6. The number of nitrogens with one attached hydrogen (secondary N) is 3. The molecule has 3 amide bonds. The van der Waals surface area contributed by atoms with Crippen LogP contribution in [0.2, 0.25) is 0 Å². The number of amides is 3. The fourth-order valence-corrected chi connectivity index (χ4v) is 7.59. The minimum atomic E-state index is -1.14. The van der Waals surface area contributed by atoms with Crippen molar-refractivity contribution in [3.63, 3.8) is 0 Å². The Labute approximate surface area is 328 Å². The molecule has 0 heterocycles. The van der Waals surface area contributed by atoms with E-state index >= 15 is 0 Å². The van der Waals surface area contributed by atoms with E-state index in [1.165, 1.54) is 0 Å². The van der Waals surface area contributed by atoms with E-state index in [4.69, 9.17) is 0 Å². The lowest BCUT2D eigenvalue weighted by molar-refractivity contribution is -0.132. The standard InChI is InChI=1S/C47H65N3O5/c1-6-8-9-10-11-26-41(47(55)50-42(27-32(3)4)44(52)30-45(53)48-43(31-51)33(5)7-2)49-46(54)38(28-36-22-16-20-34-18-12-14-24-39(34)36)29-37-23-17-21-35-19-13-15-25-40(35)37/h12-25,32-33,38,41-44,51-52H,6-11,26-31H2,1-5H3,(H,48,53)(H,49,54)(H,50,55)/t33?,41-,42?,43+,44?/m0/s1. The molecule has 0 aliphatic heterocycles. The van der Waals surface area contributed by atoms with E-state index in [1.807, 2.05) is 64.1 Å². The number of hydrogen-bond donors (Lipinski definition) is 5. The second-order valence-electron chi connectivity index (χ2n) is 15.9. The van der Waals surface area contributed by atoms with Crippen molar-refractivity contribution in [3.05, 3.63) is 96.1 Å². The number of hydrogen-bond acceptors (Lipinski definition) is 5. The molecule has 4 rings (SSSR count). The molecule has 0 radical (unpaired) electrons. The van der Waals surface area contributed by atoms with Gasteiger partial charge in [-0.05, 0) is 70.2 Å². The second-order valence-corrected chi connectivity index (χ2v) is 15.9. The van der Waals surface area contributed by atoms with Crippen LogP contribution in [-0.4, -0.2) is 58.8 Å². The number of fused-ring (bicyclic) bond motifs is 2. The molecular weight excluding hydrogens is 687 g/mol. The molecule has 8 heteroatoms. The predicted molar refractivity (Wildman–Crippen MR) is 225 cm³/mol. The summed E-state index contributed by atoms with van der Waals surface area (Å²) in [5.74, 6) is -1.17. The maximum atomic E-state index is 14.6. The quantitative estimate of drug-likeness (QED) is 0.0491. The molecule has 5 atom stereocenters. The van der Waals surface area contributed by atoms with Crippen molar-refractivity contribution in [1.29, 1.82) is 0 Å². The summed E-state index contributed by atoms with van der Waals surface area (Å²) in [5, 5.41) is 34.8. The Bertz CT molecular complexity index is 1720. The fraction of sp³-hybridized carbons (Fsp3) is 0.511. The molecule has 0 aliphatic carbocycles. The van der Waals surface area contributed by atoms with Crippen molar-refractivity contribution >= 4 is 39.3 Å². The summed E-state index contributed by atoms with van der Waals surface area (Å²) < 4.78 is 0. The van der Waals surface area contributed by atoms with Gasteiger partial charge in [0.1, 0.15) is 6.04 Å². The van der Waals surface area contributed by atoms with Crippen molar-refractivity contribution in [3.8, 4) is 0 Å². The molecule has 0 aliphatic rings. The van der Waals surface area contributed by atoms with Crippen LogP contribution in [0.3, 0.4) is 0 Å². The van der Waals surface area contributed by atoms with Crippen LogP contribution in [0, 0.1) is 17.8 Å². The van der Waals surface area contributed by atoms with Gasteiger partial charge in [0.25, 0.3) is 0 Å². The fourth-order valence-electron chi connectivity index (χ4n) is 7.59. The summed E-state index contributed by atoms with van der Waals surface area (Å²) in [5.41, 5.74) is 2.16. The first-order chi connectivity index (χ1) is 26.5. The van der Waals surface area contributed by atoms with Crippen LogP contribution in [-0.2, 0) is 27.2 Å². The highest BCUT2D eigenvalue weighted by Gasteiger charge is 2.31. The van der Waals surface area contributed by atoms with Gasteiger partial charge in [0.05, 0.1) is 31.2 Å². The summed E-state index contributed by atoms with van der Waals surface area (Å²) in [6, 6.07) is 26.9. The highest BCUT2D eigenvalue weighted by atomic mass is 16.3. The van der Waals surface area contributed by atoms with Gasteiger partial charge in [-0.2, -0.15) is 0 Å². The summed E-state index contributed by atoms with van der Waals surface area (Å²) in [7, 11) is 0. The van der Waals surface area contributed by atoms with Crippen molar-refractivity contribution in [2.75, 3.05) is 6.61 Å². The van der Waals surface area contributed by atoms with E-state index in [9.17, 15) is 24.6 Å². The average molecular weight is 752 g/mol. The van der Waals surface area contributed by atoms with E-state index in [2.05, 4.69) is 71.4 Å². The number of aliphatic hydroxyl groups excluding tert-OH is 2. The molecule has 3 unspecified atom stereocenters. The first kappa shape index (κ1) is 43.5. The molecule has 5 N–H and O–H groups in total. The third-order valence-corrected chi connectivity index (χ3v) is 11.1. The Balaban J connectivity index is 1.60. The molecule has 0 saturated carbocycles. The summed E-state index contributed by atoms with van der Waals surface area (Å²) in [6.45, 7) is 9.95. The second kappa shape index (κ2) is 22.3. The van der Waals surface area contributed by atoms with Crippen LogP contribution in [0.25, 0.3) is 21.5 Å². The lowest BCUT2D eigenvalue weighted by Crippen LogP contribution is -2.54. The van der Waals surface area contributed by atoms with Crippen molar-refractivity contribution in [2.24, 2.45) is 17.8 Å². The average Bonchev–Trinajstić information content (AvgIpc) is 3.18. The minimum Gasteiger partial charge on any atom is -0.394 e. The lowest BCUT2D eigenvalue weighted by Gasteiger charge is -2.29. The Morgan fingerprint density at radius 1 is 0.655 bits per heavy atom. The van der Waals surface area contributed by atoms with Gasteiger partial charge in [-0.25, -0.2) is 0 Å². The monoisotopic (exact) mass is 751 g/mol. The molecule has 0 saturated heterocycles. The Morgan fingerprint density at radius 2 is 1.22 bits per heavy atom. The van der Waals surface area contributed by atoms with Crippen LogP contribution in [0.5, 0.6) is 0 Å². The molecule has 0 fully saturated rings. The molecule has 55 heavy (non-hydrogen) atoms. The molecule has 0 aromatic heterocycles. The zero-order chi connectivity index (χ0) is 39.7. The van der Waals surface area contributed by atoms with E-state index in [0.29, 0.717) is 25.7 Å². The van der Waals surface area contributed by atoms with Gasteiger partial charge in [-0.15, -0.1) is 0 Å². The number of aliphatic hydroxyl groups is 2. The van der Waals surface area contributed by atoms with Crippen LogP contribution in [0.1, 0.15) is 104 Å². The van der Waals surface area contributed by atoms with E-state index in [1.54, 1.807) is 0 Å². The maximum absolute atomic E-state index is 14.6. The summed E-state index contributed by atoms with van der Waals surface area (Å²) in [4.78, 5) is 41.9. The van der Waals surface area contributed by atoms with Gasteiger partial charge < -0.3 is 26.2 Å². The van der Waals surface area contributed by atoms with E-state index in [0.717, 1.165) is 71.2 Å². The SMILES string of the molecule is CCCCCCC[C@H](NC(=O)C(Cc1cccc2ccccc12)Cc1cccc2ccccc12)C(=O)NC(CC(C)C)C(O)CC(=O)N[C@H](CO)C(C)CC. The van der Waals surface area contributed by atoms with E-state index in [-0.39, 0.29) is 42.6 Å². The summed E-state index contributed by atoms with van der Waals surface area (Å²) in [6.07, 6.45) is 6.33. The van der Waals surface area contributed by atoms with Crippen molar-refractivity contribution < 1.29 is 24.6 Å². The number of unbranched alkanes of at least 4 members (excludes halogenated alkanes) is 4. The summed E-state index contributed by atoms with van der Waals surface area (Å²) >= 11 is 0. The van der Waals surface area contributed by atoms with Crippen LogP contribution < -0.4 is 16.0 Å². The highest BCUT2D eigenvalue weighted by molar-refractivity contribution is 5.91. The molecular formula is C47H65N3O5. The molecule has 4 aromatic carbocycles. The molecule has 8 nitrogen and oxygen atoms in total. The number of carbonyl (C=O) groups excluding carboxylic acids is 3. The Morgan fingerprint density at radius 3 is 1.76 bits per heavy atom. The van der Waals surface area contributed by atoms with Crippen molar-refractivity contribution in [2.45, 2.75) is 129 Å². The first-order valence-corrected chi connectivity index (χ1v) is 20.7. The van der Waals surface area contributed by atoms with Crippen LogP contribution in [0.15, 0.2) is 84.9 Å². The highest BCUT2D eigenvalue weighted by Crippen LogP contribution is 2.27.